The Morgan fingerprint density at radius 3 is 3.00 bits per heavy atom. The number of benzene rings is 1. The van der Waals surface area contributed by atoms with Gasteiger partial charge in [0.15, 0.2) is 0 Å². The van der Waals surface area contributed by atoms with Crippen LogP contribution in [-0.2, 0) is 16.1 Å². The first-order chi connectivity index (χ1) is 9.75. The van der Waals surface area contributed by atoms with E-state index >= 15 is 0 Å². The van der Waals surface area contributed by atoms with Gasteiger partial charge in [-0.25, -0.2) is 4.79 Å². The van der Waals surface area contributed by atoms with E-state index in [1.165, 1.54) is 0 Å². The maximum atomic E-state index is 11.2. The van der Waals surface area contributed by atoms with Crippen LogP contribution in [0.15, 0.2) is 28.7 Å². The Morgan fingerprint density at radius 2 is 2.25 bits per heavy atom. The van der Waals surface area contributed by atoms with E-state index in [1.807, 2.05) is 18.2 Å². The standard InChI is InChI=1S/C15H16O5/c16-15(17)14-12(9-18-8-10-4-3-7-19-10)11-5-1-2-6-13(11)20-14/h1-2,5-6,10H,3-4,7-9H2,(H,16,17). The summed E-state index contributed by atoms with van der Waals surface area (Å²) in [5.74, 6) is -1.12. The highest BCUT2D eigenvalue weighted by Crippen LogP contribution is 2.27. The Labute approximate surface area is 116 Å². The molecule has 1 saturated heterocycles. The van der Waals surface area contributed by atoms with Crippen molar-refractivity contribution < 1.29 is 23.8 Å². The average molecular weight is 276 g/mol. The van der Waals surface area contributed by atoms with Gasteiger partial charge < -0.3 is 19.0 Å². The number of hydrogen-bond donors (Lipinski definition) is 1. The second kappa shape index (κ2) is 5.64. The van der Waals surface area contributed by atoms with Crippen molar-refractivity contribution in [2.75, 3.05) is 13.2 Å². The van der Waals surface area contributed by atoms with Crippen molar-refractivity contribution in [1.29, 1.82) is 0 Å². The molecule has 5 nitrogen and oxygen atoms in total. The molecular formula is C15H16O5. The van der Waals surface area contributed by atoms with Crippen molar-refractivity contribution in [1.82, 2.24) is 0 Å². The zero-order valence-corrected chi connectivity index (χ0v) is 11.0. The summed E-state index contributed by atoms with van der Waals surface area (Å²) in [7, 11) is 0. The molecule has 2 aromatic rings. The lowest BCUT2D eigenvalue weighted by atomic mass is 10.1. The molecule has 0 aliphatic carbocycles. The van der Waals surface area contributed by atoms with Crippen molar-refractivity contribution in [2.45, 2.75) is 25.6 Å². The fourth-order valence-electron chi connectivity index (χ4n) is 2.48. The molecule has 106 valence electrons. The number of hydrogen-bond acceptors (Lipinski definition) is 4. The number of carboxylic acids is 1. The van der Waals surface area contributed by atoms with E-state index in [4.69, 9.17) is 13.9 Å². The highest BCUT2D eigenvalue weighted by atomic mass is 16.5. The molecule has 1 aromatic carbocycles. The highest BCUT2D eigenvalue weighted by molar-refractivity contribution is 5.94. The summed E-state index contributed by atoms with van der Waals surface area (Å²) in [5, 5.41) is 9.99. The van der Waals surface area contributed by atoms with Gasteiger partial charge in [-0.05, 0) is 18.9 Å². The van der Waals surface area contributed by atoms with Gasteiger partial charge in [0.05, 0.1) is 19.3 Å². The van der Waals surface area contributed by atoms with Crippen molar-refractivity contribution in [3.63, 3.8) is 0 Å². The highest BCUT2D eigenvalue weighted by Gasteiger charge is 2.21. The summed E-state index contributed by atoms with van der Waals surface area (Å²) < 4.78 is 16.5. The third kappa shape index (κ3) is 2.55. The van der Waals surface area contributed by atoms with Gasteiger partial charge >= 0.3 is 5.97 Å². The predicted molar refractivity (Wildman–Crippen MR) is 71.8 cm³/mol. The van der Waals surface area contributed by atoms with Crippen LogP contribution < -0.4 is 0 Å². The number of para-hydroxylation sites is 1. The number of fused-ring (bicyclic) bond motifs is 1. The number of furan rings is 1. The maximum absolute atomic E-state index is 11.2. The lowest BCUT2D eigenvalue weighted by molar-refractivity contribution is 0.0103. The summed E-state index contributed by atoms with van der Waals surface area (Å²) in [6.07, 6.45) is 2.18. The molecular weight excluding hydrogens is 260 g/mol. The van der Waals surface area contributed by atoms with Crippen molar-refractivity contribution in [3.05, 3.63) is 35.6 Å². The molecule has 2 heterocycles. The summed E-state index contributed by atoms with van der Waals surface area (Å²) in [6, 6.07) is 7.27. The molecule has 1 fully saturated rings. The Bertz CT molecular complexity index is 610. The molecule has 1 unspecified atom stereocenters. The second-order valence-corrected chi connectivity index (χ2v) is 4.86. The molecule has 1 aliphatic heterocycles. The molecule has 0 saturated carbocycles. The molecule has 3 rings (SSSR count). The van der Waals surface area contributed by atoms with Crippen LogP contribution in [0.4, 0.5) is 0 Å². The SMILES string of the molecule is O=C(O)c1oc2ccccc2c1COCC1CCCO1. The van der Waals surface area contributed by atoms with Crippen molar-refractivity contribution in [3.8, 4) is 0 Å². The van der Waals surface area contributed by atoms with Crippen LogP contribution in [0.5, 0.6) is 0 Å². The Balaban J connectivity index is 1.78. The number of ether oxygens (including phenoxy) is 2. The van der Waals surface area contributed by atoms with E-state index in [-0.39, 0.29) is 18.5 Å². The number of carbonyl (C=O) groups is 1. The summed E-state index contributed by atoms with van der Waals surface area (Å²) in [4.78, 5) is 11.2. The quantitative estimate of drug-likeness (QED) is 0.909. The van der Waals surface area contributed by atoms with Gasteiger partial charge in [0.25, 0.3) is 0 Å². The molecule has 0 bridgehead atoms. The summed E-state index contributed by atoms with van der Waals surface area (Å²) >= 11 is 0. The number of rotatable bonds is 5. The van der Waals surface area contributed by atoms with Gasteiger partial charge in [0.2, 0.25) is 5.76 Å². The van der Waals surface area contributed by atoms with Crippen molar-refractivity contribution in [2.24, 2.45) is 0 Å². The van der Waals surface area contributed by atoms with E-state index in [1.54, 1.807) is 6.07 Å². The van der Waals surface area contributed by atoms with Crippen LogP contribution >= 0.6 is 0 Å². The molecule has 1 atom stereocenters. The summed E-state index contributed by atoms with van der Waals surface area (Å²) in [6.45, 7) is 1.49. The monoisotopic (exact) mass is 276 g/mol. The molecule has 5 heteroatoms. The molecule has 0 radical (unpaired) electrons. The molecule has 0 amide bonds. The lowest BCUT2D eigenvalue weighted by Gasteiger charge is -2.09. The predicted octanol–water partition coefficient (Wildman–Crippen LogP) is 2.83. The van der Waals surface area contributed by atoms with Crippen LogP contribution in [0, 0.1) is 0 Å². The van der Waals surface area contributed by atoms with Gasteiger partial charge in [-0.15, -0.1) is 0 Å². The first kappa shape index (κ1) is 13.1. The minimum atomic E-state index is -1.07. The third-order valence-corrected chi connectivity index (χ3v) is 3.47. The Kier molecular flexibility index (Phi) is 3.71. The topological polar surface area (TPSA) is 68.9 Å². The zero-order chi connectivity index (χ0) is 13.9. The second-order valence-electron chi connectivity index (χ2n) is 4.86. The fourth-order valence-corrected chi connectivity index (χ4v) is 2.48. The molecule has 20 heavy (non-hydrogen) atoms. The van der Waals surface area contributed by atoms with Crippen LogP contribution in [-0.4, -0.2) is 30.4 Å². The number of carboxylic acid groups (broad SMARTS) is 1. The maximum Gasteiger partial charge on any atom is 0.372 e. The van der Waals surface area contributed by atoms with E-state index in [9.17, 15) is 9.90 Å². The van der Waals surface area contributed by atoms with Gasteiger partial charge in [-0.2, -0.15) is 0 Å². The molecule has 1 N–H and O–H groups in total. The van der Waals surface area contributed by atoms with Gasteiger partial charge in [-0.3, -0.25) is 0 Å². The smallest absolute Gasteiger partial charge is 0.372 e. The average Bonchev–Trinajstić information content (AvgIpc) is 3.07. The van der Waals surface area contributed by atoms with Gasteiger partial charge in [0.1, 0.15) is 5.58 Å². The molecule has 1 aliphatic rings. The van der Waals surface area contributed by atoms with E-state index < -0.39 is 5.97 Å². The third-order valence-electron chi connectivity index (χ3n) is 3.47. The molecule has 0 spiro atoms. The minimum Gasteiger partial charge on any atom is -0.475 e. The fraction of sp³-hybridized carbons (Fsp3) is 0.400. The lowest BCUT2D eigenvalue weighted by Crippen LogP contribution is -2.14. The first-order valence-corrected chi connectivity index (χ1v) is 6.69. The van der Waals surface area contributed by atoms with Gasteiger partial charge in [0, 0.05) is 17.6 Å². The minimum absolute atomic E-state index is 0.0430. The van der Waals surface area contributed by atoms with Gasteiger partial charge in [-0.1, -0.05) is 18.2 Å². The van der Waals surface area contributed by atoms with Crippen molar-refractivity contribution >= 4 is 16.9 Å². The van der Waals surface area contributed by atoms with E-state index in [2.05, 4.69) is 0 Å². The largest absolute Gasteiger partial charge is 0.475 e. The zero-order valence-electron chi connectivity index (χ0n) is 11.0. The summed E-state index contributed by atoms with van der Waals surface area (Å²) in [5.41, 5.74) is 1.16. The normalized spacial score (nSPS) is 18.7. The van der Waals surface area contributed by atoms with Crippen LogP contribution in [0.1, 0.15) is 29.0 Å². The van der Waals surface area contributed by atoms with E-state index in [0.717, 1.165) is 24.8 Å². The number of aromatic carboxylic acids is 1. The molecule has 1 aromatic heterocycles. The van der Waals surface area contributed by atoms with Crippen LogP contribution in [0.2, 0.25) is 0 Å². The van der Waals surface area contributed by atoms with E-state index in [0.29, 0.717) is 17.8 Å². The van der Waals surface area contributed by atoms with Crippen LogP contribution in [0.3, 0.4) is 0 Å². The van der Waals surface area contributed by atoms with Crippen LogP contribution in [0.25, 0.3) is 11.0 Å². The Hall–Kier alpha value is -1.85. The Morgan fingerprint density at radius 1 is 1.40 bits per heavy atom. The first-order valence-electron chi connectivity index (χ1n) is 6.69.